The first kappa shape index (κ1) is 18.3. The molecule has 1 aliphatic heterocycles. The number of aryl methyl sites for hydroxylation is 1. The number of hydrogen-bond donors (Lipinski definition) is 0. The fourth-order valence-corrected chi connectivity index (χ4v) is 3.54. The van der Waals surface area contributed by atoms with Crippen LogP contribution in [0.3, 0.4) is 0 Å². The van der Waals surface area contributed by atoms with Gasteiger partial charge in [-0.15, -0.1) is 0 Å². The number of hydrogen-bond acceptors (Lipinski definition) is 5. The normalized spacial score (nSPS) is 12.7. The van der Waals surface area contributed by atoms with Crippen molar-refractivity contribution < 1.29 is 18.6 Å². The van der Waals surface area contributed by atoms with Crippen molar-refractivity contribution in [3.63, 3.8) is 0 Å². The van der Waals surface area contributed by atoms with E-state index in [9.17, 15) is 4.79 Å². The molecular formula is C25H20O5. The van der Waals surface area contributed by atoms with Gasteiger partial charge in [-0.1, -0.05) is 30.3 Å². The SMILES string of the molecule is Cc1ccccc1COc1ccc2c(=O)c(-c3ccc4c(c3)OCCO4)coc2c1. The van der Waals surface area contributed by atoms with Crippen LogP contribution >= 0.6 is 0 Å². The summed E-state index contributed by atoms with van der Waals surface area (Å²) in [6.45, 7) is 3.53. The zero-order valence-corrected chi connectivity index (χ0v) is 16.5. The van der Waals surface area contributed by atoms with Gasteiger partial charge in [-0.25, -0.2) is 0 Å². The highest BCUT2D eigenvalue weighted by atomic mass is 16.6. The smallest absolute Gasteiger partial charge is 0.200 e. The summed E-state index contributed by atoms with van der Waals surface area (Å²) >= 11 is 0. The van der Waals surface area contributed by atoms with Crippen LogP contribution < -0.4 is 19.6 Å². The molecule has 1 aliphatic rings. The summed E-state index contributed by atoms with van der Waals surface area (Å²) in [5.74, 6) is 1.98. The van der Waals surface area contributed by atoms with Crippen molar-refractivity contribution >= 4 is 11.0 Å². The highest BCUT2D eigenvalue weighted by Crippen LogP contribution is 2.34. The Hall–Kier alpha value is -3.73. The fraction of sp³-hybridized carbons (Fsp3) is 0.160. The van der Waals surface area contributed by atoms with Gasteiger partial charge in [0.1, 0.15) is 37.4 Å². The maximum Gasteiger partial charge on any atom is 0.200 e. The van der Waals surface area contributed by atoms with Gasteiger partial charge >= 0.3 is 0 Å². The number of ether oxygens (including phenoxy) is 3. The molecule has 3 aromatic carbocycles. The minimum atomic E-state index is -0.0987. The van der Waals surface area contributed by atoms with Gasteiger partial charge in [0.2, 0.25) is 0 Å². The Morgan fingerprint density at radius 3 is 2.63 bits per heavy atom. The molecule has 30 heavy (non-hydrogen) atoms. The Labute approximate surface area is 173 Å². The summed E-state index contributed by atoms with van der Waals surface area (Å²) in [7, 11) is 0. The van der Waals surface area contributed by atoms with E-state index in [4.69, 9.17) is 18.6 Å². The molecule has 0 atom stereocenters. The first-order valence-electron chi connectivity index (χ1n) is 9.82. The van der Waals surface area contributed by atoms with Crippen molar-refractivity contribution in [3.05, 3.63) is 88.3 Å². The number of fused-ring (bicyclic) bond motifs is 2. The maximum atomic E-state index is 13.1. The third-order valence-electron chi connectivity index (χ3n) is 5.25. The molecule has 0 N–H and O–H groups in total. The highest BCUT2D eigenvalue weighted by Gasteiger charge is 2.15. The molecule has 0 unspecified atom stereocenters. The zero-order chi connectivity index (χ0) is 20.5. The largest absolute Gasteiger partial charge is 0.489 e. The Morgan fingerprint density at radius 2 is 1.77 bits per heavy atom. The van der Waals surface area contributed by atoms with Crippen molar-refractivity contribution in [2.75, 3.05) is 13.2 Å². The first-order valence-corrected chi connectivity index (χ1v) is 9.82. The van der Waals surface area contributed by atoms with Crippen molar-refractivity contribution in [2.24, 2.45) is 0 Å². The molecule has 0 saturated carbocycles. The minimum Gasteiger partial charge on any atom is -0.489 e. The predicted molar refractivity (Wildman–Crippen MR) is 114 cm³/mol. The van der Waals surface area contributed by atoms with E-state index in [0.29, 0.717) is 53.6 Å². The number of rotatable bonds is 4. The third-order valence-corrected chi connectivity index (χ3v) is 5.25. The van der Waals surface area contributed by atoms with Crippen LogP contribution in [0.4, 0.5) is 0 Å². The Bertz CT molecular complexity index is 1290. The second kappa shape index (κ2) is 7.59. The van der Waals surface area contributed by atoms with Crippen molar-refractivity contribution in [3.8, 4) is 28.4 Å². The average molecular weight is 400 g/mol. The van der Waals surface area contributed by atoms with Crippen LogP contribution in [0.5, 0.6) is 17.2 Å². The summed E-state index contributed by atoms with van der Waals surface area (Å²) in [4.78, 5) is 13.1. The molecule has 5 heteroatoms. The molecule has 5 rings (SSSR count). The lowest BCUT2D eigenvalue weighted by Gasteiger charge is -2.18. The monoisotopic (exact) mass is 400 g/mol. The first-order chi connectivity index (χ1) is 14.7. The van der Waals surface area contributed by atoms with Gasteiger partial charge in [-0.05, 0) is 47.9 Å². The fourth-order valence-electron chi connectivity index (χ4n) is 3.54. The van der Waals surface area contributed by atoms with Gasteiger partial charge in [-0.2, -0.15) is 0 Å². The summed E-state index contributed by atoms with van der Waals surface area (Å²) in [6, 6.07) is 18.8. The van der Waals surface area contributed by atoms with E-state index in [1.165, 1.54) is 11.8 Å². The second-order valence-corrected chi connectivity index (χ2v) is 7.21. The van der Waals surface area contributed by atoms with E-state index in [1.54, 1.807) is 18.2 Å². The van der Waals surface area contributed by atoms with Crippen LogP contribution in [0.1, 0.15) is 11.1 Å². The molecule has 1 aromatic heterocycles. The predicted octanol–water partition coefficient (Wildman–Crippen LogP) is 5.12. The Kier molecular flexibility index (Phi) is 4.64. The van der Waals surface area contributed by atoms with Crippen LogP contribution in [0, 0.1) is 6.92 Å². The third kappa shape index (κ3) is 3.39. The molecule has 2 heterocycles. The molecule has 0 amide bonds. The Balaban J connectivity index is 1.44. The van der Waals surface area contributed by atoms with Crippen molar-refractivity contribution in [1.29, 1.82) is 0 Å². The molecule has 0 aliphatic carbocycles. The van der Waals surface area contributed by atoms with Gasteiger partial charge in [-0.3, -0.25) is 4.79 Å². The lowest BCUT2D eigenvalue weighted by atomic mass is 10.0. The van der Waals surface area contributed by atoms with Crippen LogP contribution in [0.15, 0.2) is 76.1 Å². The van der Waals surface area contributed by atoms with Gasteiger partial charge in [0.25, 0.3) is 0 Å². The molecule has 0 spiro atoms. The molecule has 4 aromatic rings. The standard InChI is InChI=1S/C25H20O5/c1-16-4-2-3-5-18(16)14-29-19-7-8-20-23(13-19)30-15-21(25(20)26)17-6-9-22-24(12-17)28-11-10-27-22/h2-9,12-13,15H,10-11,14H2,1H3. The van der Waals surface area contributed by atoms with Crippen LogP contribution in [0.25, 0.3) is 22.1 Å². The molecule has 0 saturated heterocycles. The molecule has 0 bridgehead atoms. The van der Waals surface area contributed by atoms with E-state index >= 15 is 0 Å². The van der Waals surface area contributed by atoms with Crippen molar-refractivity contribution in [2.45, 2.75) is 13.5 Å². The van der Waals surface area contributed by atoms with E-state index in [1.807, 2.05) is 36.4 Å². The van der Waals surface area contributed by atoms with Crippen LogP contribution in [0.2, 0.25) is 0 Å². The van der Waals surface area contributed by atoms with E-state index in [0.717, 1.165) is 11.1 Å². The summed E-state index contributed by atoms with van der Waals surface area (Å²) in [5, 5.41) is 0.505. The lowest BCUT2D eigenvalue weighted by molar-refractivity contribution is 0.171. The maximum absolute atomic E-state index is 13.1. The molecule has 150 valence electrons. The quantitative estimate of drug-likeness (QED) is 0.476. The molecular weight excluding hydrogens is 380 g/mol. The van der Waals surface area contributed by atoms with Crippen LogP contribution in [-0.2, 0) is 6.61 Å². The van der Waals surface area contributed by atoms with E-state index in [-0.39, 0.29) is 5.43 Å². The van der Waals surface area contributed by atoms with Crippen LogP contribution in [-0.4, -0.2) is 13.2 Å². The van der Waals surface area contributed by atoms with E-state index < -0.39 is 0 Å². The average Bonchev–Trinajstić information content (AvgIpc) is 2.78. The lowest BCUT2D eigenvalue weighted by Crippen LogP contribution is -2.15. The van der Waals surface area contributed by atoms with Crippen molar-refractivity contribution in [1.82, 2.24) is 0 Å². The highest BCUT2D eigenvalue weighted by molar-refractivity contribution is 5.83. The van der Waals surface area contributed by atoms with Gasteiger partial charge in [0.15, 0.2) is 16.9 Å². The second-order valence-electron chi connectivity index (χ2n) is 7.21. The summed E-state index contributed by atoms with van der Waals surface area (Å²) in [6.07, 6.45) is 1.49. The van der Waals surface area contributed by atoms with Gasteiger partial charge < -0.3 is 18.6 Å². The Morgan fingerprint density at radius 1 is 0.933 bits per heavy atom. The van der Waals surface area contributed by atoms with E-state index in [2.05, 4.69) is 13.0 Å². The molecule has 0 fully saturated rings. The zero-order valence-electron chi connectivity index (χ0n) is 16.5. The summed E-state index contributed by atoms with van der Waals surface area (Å²) < 4.78 is 22.9. The molecule has 0 radical (unpaired) electrons. The minimum absolute atomic E-state index is 0.0987. The molecule has 5 nitrogen and oxygen atoms in total. The van der Waals surface area contributed by atoms with Gasteiger partial charge in [0, 0.05) is 6.07 Å². The summed E-state index contributed by atoms with van der Waals surface area (Å²) in [5.41, 5.74) is 3.90. The van der Waals surface area contributed by atoms with Gasteiger partial charge in [0.05, 0.1) is 10.9 Å². The topological polar surface area (TPSA) is 57.9 Å². The number of benzene rings is 3.